The van der Waals surface area contributed by atoms with Crippen LogP contribution in [0.15, 0.2) is 60.0 Å². The molecule has 2 aromatic carbocycles. The number of carbonyl (C=O) groups is 1. The van der Waals surface area contributed by atoms with E-state index in [4.69, 9.17) is 4.74 Å². The molecular weight excluding hydrogens is 426 g/mol. The summed E-state index contributed by atoms with van der Waals surface area (Å²) >= 11 is 1.25. The Morgan fingerprint density at radius 3 is 2.61 bits per heavy atom. The fraction of sp³-hybridized carbons (Fsp3) is 0.0952. The van der Waals surface area contributed by atoms with Crippen molar-refractivity contribution in [2.75, 3.05) is 12.4 Å². The molecule has 158 valence electrons. The van der Waals surface area contributed by atoms with Gasteiger partial charge in [0, 0.05) is 16.5 Å². The van der Waals surface area contributed by atoms with Gasteiger partial charge in [-0.1, -0.05) is 12.1 Å². The molecule has 0 atom stereocenters. The lowest BCUT2D eigenvalue weighted by Crippen LogP contribution is -2.12. The fourth-order valence-corrected chi connectivity index (χ4v) is 3.52. The molecule has 10 heteroatoms. The van der Waals surface area contributed by atoms with Crippen molar-refractivity contribution in [3.63, 3.8) is 0 Å². The summed E-state index contributed by atoms with van der Waals surface area (Å²) in [4.78, 5) is 16.9. The molecule has 0 saturated heterocycles. The lowest BCUT2D eigenvalue weighted by atomic mass is 10.1. The van der Waals surface area contributed by atoms with Crippen LogP contribution >= 0.6 is 11.3 Å². The molecule has 0 aliphatic carbocycles. The summed E-state index contributed by atoms with van der Waals surface area (Å²) in [5.74, 6) is 0.368. The normalized spacial score (nSPS) is 10.8. The summed E-state index contributed by atoms with van der Waals surface area (Å²) in [6.07, 6.45) is 0. The number of aromatic amines is 1. The largest absolute Gasteiger partial charge is 0.497 e. The van der Waals surface area contributed by atoms with E-state index in [-0.39, 0.29) is 17.4 Å². The second kappa shape index (κ2) is 8.92. The standard InChI is InChI=1S/C21H16F2N4O3S/c1-29-15-4-2-3-13(9-15)16-10-17(27-26-16)19(28)25-21-24-18(11-31-21)12-5-7-14(8-6-12)30-20(22)23/h2-11,20H,1H3,(H,26,27)(H,24,25,28). The Morgan fingerprint density at radius 2 is 1.87 bits per heavy atom. The maximum Gasteiger partial charge on any atom is 0.387 e. The Morgan fingerprint density at radius 1 is 1.06 bits per heavy atom. The van der Waals surface area contributed by atoms with Crippen LogP contribution in [0.3, 0.4) is 0 Å². The minimum atomic E-state index is -2.88. The minimum absolute atomic E-state index is 0.0635. The number of amides is 1. The number of H-pyrrole nitrogens is 1. The van der Waals surface area contributed by atoms with Gasteiger partial charge < -0.3 is 9.47 Å². The molecule has 0 aliphatic rings. The van der Waals surface area contributed by atoms with Crippen LogP contribution in [0, 0.1) is 0 Å². The zero-order chi connectivity index (χ0) is 21.8. The first-order chi connectivity index (χ1) is 15.0. The van der Waals surface area contributed by atoms with Crippen molar-refractivity contribution in [2.24, 2.45) is 0 Å². The van der Waals surface area contributed by atoms with Crippen LogP contribution in [0.4, 0.5) is 13.9 Å². The molecule has 4 rings (SSSR count). The van der Waals surface area contributed by atoms with Gasteiger partial charge in [-0.15, -0.1) is 11.3 Å². The van der Waals surface area contributed by atoms with Crippen LogP contribution in [-0.2, 0) is 0 Å². The van der Waals surface area contributed by atoms with Gasteiger partial charge in [0.1, 0.15) is 17.2 Å². The monoisotopic (exact) mass is 442 g/mol. The van der Waals surface area contributed by atoms with E-state index < -0.39 is 6.61 Å². The number of anilines is 1. The Bertz CT molecular complexity index is 1190. The third-order valence-electron chi connectivity index (χ3n) is 4.29. The van der Waals surface area contributed by atoms with Gasteiger partial charge in [0.2, 0.25) is 0 Å². The third kappa shape index (κ3) is 4.86. The fourth-order valence-electron chi connectivity index (χ4n) is 2.80. The van der Waals surface area contributed by atoms with Gasteiger partial charge in [0.15, 0.2) is 5.13 Å². The first-order valence-electron chi connectivity index (χ1n) is 9.04. The lowest BCUT2D eigenvalue weighted by molar-refractivity contribution is -0.0498. The smallest absolute Gasteiger partial charge is 0.387 e. The number of benzene rings is 2. The van der Waals surface area contributed by atoms with Crippen molar-refractivity contribution < 1.29 is 23.0 Å². The molecule has 0 bridgehead atoms. The van der Waals surface area contributed by atoms with Gasteiger partial charge in [-0.2, -0.15) is 13.9 Å². The number of hydrogen-bond acceptors (Lipinski definition) is 6. The summed E-state index contributed by atoms with van der Waals surface area (Å²) < 4.78 is 34.1. The topological polar surface area (TPSA) is 89.1 Å². The highest BCUT2D eigenvalue weighted by molar-refractivity contribution is 7.14. The van der Waals surface area contributed by atoms with Gasteiger partial charge >= 0.3 is 6.61 Å². The van der Waals surface area contributed by atoms with Crippen LogP contribution in [-0.4, -0.2) is 34.8 Å². The predicted octanol–water partition coefficient (Wildman–Crippen LogP) is 5.06. The maximum absolute atomic E-state index is 12.5. The van der Waals surface area contributed by atoms with E-state index in [1.54, 1.807) is 30.7 Å². The number of methoxy groups -OCH3 is 1. The summed E-state index contributed by atoms with van der Waals surface area (Å²) in [5, 5.41) is 11.8. The molecule has 4 aromatic rings. The average Bonchev–Trinajstić information content (AvgIpc) is 3.44. The minimum Gasteiger partial charge on any atom is -0.497 e. The van der Waals surface area contributed by atoms with Crippen LogP contribution in [0.1, 0.15) is 10.5 Å². The van der Waals surface area contributed by atoms with Gasteiger partial charge in [-0.3, -0.25) is 15.2 Å². The molecular formula is C21H16F2N4O3S. The quantitative estimate of drug-likeness (QED) is 0.418. The van der Waals surface area contributed by atoms with E-state index in [0.717, 1.165) is 5.56 Å². The van der Waals surface area contributed by atoms with Crippen LogP contribution in [0.5, 0.6) is 11.5 Å². The van der Waals surface area contributed by atoms with E-state index in [0.29, 0.717) is 27.8 Å². The van der Waals surface area contributed by atoms with Crippen LogP contribution in [0.2, 0.25) is 0 Å². The second-order valence-electron chi connectivity index (χ2n) is 6.29. The van der Waals surface area contributed by atoms with Crippen molar-refractivity contribution in [1.29, 1.82) is 0 Å². The first kappa shape index (κ1) is 20.5. The summed E-state index contributed by atoms with van der Waals surface area (Å²) in [7, 11) is 1.58. The van der Waals surface area contributed by atoms with Crippen LogP contribution < -0.4 is 14.8 Å². The molecule has 0 radical (unpaired) electrons. The van der Waals surface area contributed by atoms with E-state index >= 15 is 0 Å². The number of halogens is 2. The number of rotatable bonds is 7. The van der Waals surface area contributed by atoms with Crippen molar-refractivity contribution in [2.45, 2.75) is 6.61 Å². The van der Waals surface area contributed by atoms with E-state index in [1.807, 2.05) is 24.3 Å². The number of nitrogens with zero attached hydrogens (tertiary/aromatic N) is 2. The van der Waals surface area contributed by atoms with Crippen molar-refractivity contribution in [3.8, 4) is 34.0 Å². The molecule has 2 heterocycles. The van der Waals surface area contributed by atoms with Crippen molar-refractivity contribution in [1.82, 2.24) is 15.2 Å². The molecule has 0 aliphatic heterocycles. The lowest BCUT2D eigenvalue weighted by Gasteiger charge is -2.04. The van der Waals surface area contributed by atoms with E-state index in [9.17, 15) is 13.6 Å². The molecule has 1 amide bonds. The Hall–Kier alpha value is -3.79. The van der Waals surface area contributed by atoms with E-state index in [2.05, 4.69) is 25.2 Å². The van der Waals surface area contributed by atoms with Gasteiger partial charge in [-0.05, 0) is 42.5 Å². The third-order valence-corrected chi connectivity index (χ3v) is 5.05. The molecule has 0 spiro atoms. The Balaban J connectivity index is 1.44. The summed E-state index contributed by atoms with van der Waals surface area (Å²) in [6, 6.07) is 15.1. The SMILES string of the molecule is COc1cccc(-c2cc(C(=O)Nc3nc(-c4ccc(OC(F)F)cc4)cs3)[nH]n2)c1. The number of alkyl halides is 2. The number of nitrogens with one attached hydrogen (secondary N) is 2. The zero-order valence-electron chi connectivity index (χ0n) is 16.1. The van der Waals surface area contributed by atoms with Crippen molar-refractivity contribution >= 4 is 22.4 Å². The van der Waals surface area contributed by atoms with Gasteiger partial charge in [-0.25, -0.2) is 4.98 Å². The summed E-state index contributed by atoms with van der Waals surface area (Å²) in [6.45, 7) is -2.88. The highest BCUT2D eigenvalue weighted by atomic mass is 32.1. The molecule has 0 fully saturated rings. The predicted molar refractivity (Wildman–Crippen MR) is 113 cm³/mol. The van der Waals surface area contributed by atoms with Gasteiger partial charge in [0.05, 0.1) is 18.5 Å². The number of hydrogen-bond donors (Lipinski definition) is 2. The highest BCUT2D eigenvalue weighted by Crippen LogP contribution is 2.28. The highest BCUT2D eigenvalue weighted by Gasteiger charge is 2.14. The molecule has 2 aromatic heterocycles. The summed E-state index contributed by atoms with van der Waals surface area (Å²) in [5.41, 5.74) is 3.01. The molecule has 0 saturated carbocycles. The number of thiazole rings is 1. The molecule has 7 nitrogen and oxygen atoms in total. The number of ether oxygens (including phenoxy) is 2. The number of aromatic nitrogens is 3. The van der Waals surface area contributed by atoms with Crippen molar-refractivity contribution in [3.05, 3.63) is 65.7 Å². The zero-order valence-corrected chi connectivity index (χ0v) is 17.0. The Kier molecular flexibility index (Phi) is 5.89. The molecule has 31 heavy (non-hydrogen) atoms. The average molecular weight is 442 g/mol. The Labute approximate surface area is 179 Å². The first-order valence-corrected chi connectivity index (χ1v) is 9.92. The van der Waals surface area contributed by atoms with Gasteiger partial charge in [0.25, 0.3) is 5.91 Å². The van der Waals surface area contributed by atoms with Crippen LogP contribution in [0.25, 0.3) is 22.5 Å². The number of carbonyl (C=O) groups excluding carboxylic acids is 1. The second-order valence-corrected chi connectivity index (χ2v) is 7.15. The van der Waals surface area contributed by atoms with E-state index in [1.165, 1.54) is 23.5 Å². The molecule has 0 unspecified atom stereocenters. The maximum atomic E-state index is 12.5. The molecule has 2 N–H and O–H groups in total.